The number of thiazole rings is 1. The number of aryl methyl sites for hydroxylation is 2. The average Bonchev–Trinajstić information content (AvgIpc) is 2.89. The van der Waals surface area contributed by atoms with Gasteiger partial charge in [0.1, 0.15) is 17.4 Å². The van der Waals surface area contributed by atoms with Gasteiger partial charge in [0.25, 0.3) is 0 Å². The van der Waals surface area contributed by atoms with Crippen LogP contribution in [0, 0.1) is 0 Å². The number of ether oxygens (including phenoxy) is 1. The fourth-order valence-corrected chi connectivity index (χ4v) is 3.52. The first-order valence-corrected chi connectivity index (χ1v) is 7.60. The molecule has 0 aliphatic heterocycles. The summed E-state index contributed by atoms with van der Waals surface area (Å²) in [6, 6.07) is 8.13. The van der Waals surface area contributed by atoms with E-state index in [1.165, 1.54) is 29.8 Å². The molecule has 19 heavy (non-hydrogen) atoms. The molecule has 4 heteroatoms. The summed E-state index contributed by atoms with van der Waals surface area (Å²) in [5.41, 5.74) is 7.91. The smallest absolute Gasteiger partial charge is 0.124 e. The topological polar surface area (TPSA) is 48.1 Å². The Morgan fingerprint density at radius 2 is 2.16 bits per heavy atom. The summed E-state index contributed by atoms with van der Waals surface area (Å²) in [4.78, 5) is 6.25. The van der Waals surface area contributed by atoms with Crippen molar-refractivity contribution in [2.75, 3.05) is 13.2 Å². The van der Waals surface area contributed by atoms with Crippen LogP contribution in [0.1, 0.15) is 23.4 Å². The third-order valence-corrected chi connectivity index (χ3v) is 4.52. The van der Waals surface area contributed by atoms with Crippen LogP contribution in [-0.2, 0) is 12.8 Å². The van der Waals surface area contributed by atoms with Gasteiger partial charge >= 0.3 is 0 Å². The normalized spacial score (nSPS) is 14.2. The molecular weight excluding hydrogens is 256 g/mol. The summed E-state index contributed by atoms with van der Waals surface area (Å²) in [5, 5.41) is 1.12. The van der Waals surface area contributed by atoms with Crippen molar-refractivity contribution in [2.45, 2.75) is 25.7 Å². The SMILES string of the molecule is NCCOc1cccc(-c2nc3c(s2)CCCC3)c1. The van der Waals surface area contributed by atoms with Gasteiger partial charge in [-0.1, -0.05) is 12.1 Å². The second-order valence-electron chi connectivity index (χ2n) is 4.76. The van der Waals surface area contributed by atoms with E-state index in [0.29, 0.717) is 13.2 Å². The van der Waals surface area contributed by atoms with E-state index in [2.05, 4.69) is 12.1 Å². The van der Waals surface area contributed by atoms with Gasteiger partial charge in [-0.25, -0.2) is 4.98 Å². The Morgan fingerprint density at radius 3 is 3.00 bits per heavy atom. The van der Waals surface area contributed by atoms with Gasteiger partial charge in [-0.2, -0.15) is 0 Å². The molecule has 1 aromatic heterocycles. The fraction of sp³-hybridized carbons (Fsp3) is 0.400. The minimum absolute atomic E-state index is 0.537. The van der Waals surface area contributed by atoms with Gasteiger partial charge in [0, 0.05) is 17.0 Å². The van der Waals surface area contributed by atoms with Crippen LogP contribution in [0.25, 0.3) is 10.6 Å². The Kier molecular flexibility index (Phi) is 3.80. The van der Waals surface area contributed by atoms with Crippen molar-refractivity contribution in [2.24, 2.45) is 5.73 Å². The molecule has 0 fully saturated rings. The lowest BCUT2D eigenvalue weighted by Gasteiger charge is -2.06. The van der Waals surface area contributed by atoms with Crippen molar-refractivity contribution in [1.82, 2.24) is 4.98 Å². The molecule has 1 aromatic carbocycles. The van der Waals surface area contributed by atoms with Crippen molar-refractivity contribution in [3.63, 3.8) is 0 Å². The van der Waals surface area contributed by atoms with Crippen LogP contribution in [0.3, 0.4) is 0 Å². The number of fused-ring (bicyclic) bond motifs is 1. The molecule has 1 heterocycles. The average molecular weight is 274 g/mol. The number of nitrogens with zero attached hydrogens (tertiary/aromatic N) is 1. The molecule has 1 aliphatic carbocycles. The van der Waals surface area contributed by atoms with E-state index < -0.39 is 0 Å². The lowest BCUT2D eigenvalue weighted by Crippen LogP contribution is -2.10. The highest BCUT2D eigenvalue weighted by atomic mass is 32.1. The van der Waals surface area contributed by atoms with E-state index in [1.54, 1.807) is 0 Å². The second kappa shape index (κ2) is 5.72. The van der Waals surface area contributed by atoms with Crippen LogP contribution in [0.15, 0.2) is 24.3 Å². The lowest BCUT2D eigenvalue weighted by molar-refractivity contribution is 0.328. The standard InChI is InChI=1S/C15H18N2OS/c16-8-9-18-12-5-3-4-11(10-12)15-17-13-6-1-2-7-14(13)19-15/h3-5,10H,1-2,6-9,16H2. The maximum Gasteiger partial charge on any atom is 0.124 e. The molecule has 3 rings (SSSR count). The van der Waals surface area contributed by atoms with Crippen LogP contribution in [-0.4, -0.2) is 18.1 Å². The predicted octanol–water partition coefficient (Wildman–Crippen LogP) is 3.03. The summed E-state index contributed by atoms with van der Waals surface area (Å²) in [7, 11) is 0. The monoisotopic (exact) mass is 274 g/mol. The van der Waals surface area contributed by atoms with E-state index in [1.807, 2.05) is 23.5 Å². The molecular formula is C15H18N2OS. The molecule has 0 saturated carbocycles. The first-order valence-electron chi connectivity index (χ1n) is 6.78. The van der Waals surface area contributed by atoms with Crippen molar-refractivity contribution < 1.29 is 4.74 Å². The third-order valence-electron chi connectivity index (χ3n) is 3.31. The number of hydrogen-bond donors (Lipinski definition) is 1. The Balaban J connectivity index is 1.86. The van der Waals surface area contributed by atoms with Crippen molar-refractivity contribution in [3.8, 4) is 16.3 Å². The maximum atomic E-state index is 5.57. The van der Waals surface area contributed by atoms with Crippen LogP contribution in [0.4, 0.5) is 0 Å². The molecule has 0 atom stereocenters. The van der Waals surface area contributed by atoms with E-state index in [9.17, 15) is 0 Å². The largest absolute Gasteiger partial charge is 0.492 e. The van der Waals surface area contributed by atoms with Crippen molar-refractivity contribution in [3.05, 3.63) is 34.8 Å². The van der Waals surface area contributed by atoms with Crippen LogP contribution >= 0.6 is 11.3 Å². The Morgan fingerprint density at radius 1 is 1.26 bits per heavy atom. The molecule has 0 amide bonds. The van der Waals surface area contributed by atoms with Crippen LogP contribution in [0.5, 0.6) is 5.75 Å². The first kappa shape index (κ1) is 12.6. The highest BCUT2D eigenvalue weighted by Gasteiger charge is 2.16. The molecule has 0 radical (unpaired) electrons. The summed E-state index contributed by atoms with van der Waals surface area (Å²) in [6.07, 6.45) is 4.90. The Labute approximate surface area is 117 Å². The molecule has 0 spiro atoms. The van der Waals surface area contributed by atoms with Crippen LogP contribution < -0.4 is 10.5 Å². The number of benzene rings is 1. The second-order valence-corrected chi connectivity index (χ2v) is 5.84. The molecule has 100 valence electrons. The molecule has 1 aliphatic rings. The van der Waals surface area contributed by atoms with Gasteiger partial charge in [-0.05, 0) is 37.8 Å². The Bertz CT molecular complexity index is 542. The van der Waals surface area contributed by atoms with E-state index in [0.717, 1.165) is 22.7 Å². The minimum atomic E-state index is 0.537. The van der Waals surface area contributed by atoms with E-state index in [-0.39, 0.29) is 0 Å². The highest BCUT2D eigenvalue weighted by Crippen LogP contribution is 2.33. The Hall–Kier alpha value is -1.39. The van der Waals surface area contributed by atoms with Gasteiger partial charge < -0.3 is 10.5 Å². The number of aromatic nitrogens is 1. The zero-order chi connectivity index (χ0) is 13.1. The van der Waals surface area contributed by atoms with Crippen molar-refractivity contribution >= 4 is 11.3 Å². The predicted molar refractivity (Wildman–Crippen MR) is 78.7 cm³/mol. The van der Waals surface area contributed by atoms with Crippen LogP contribution in [0.2, 0.25) is 0 Å². The van der Waals surface area contributed by atoms with Gasteiger partial charge in [0.05, 0.1) is 5.69 Å². The van der Waals surface area contributed by atoms with E-state index in [4.69, 9.17) is 15.5 Å². The van der Waals surface area contributed by atoms with Gasteiger partial charge in [-0.3, -0.25) is 0 Å². The number of hydrogen-bond acceptors (Lipinski definition) is 4. The van der Waals surface area contributed by atoms with Gasteiger partial charge in [0.15, 0.2) is 0 Å². The number of nitrogens with two attached hydrogens (primary N) is 1. The molecule has 2 aromatic rings. The van der Waals surface area contributed by atoms with Gasteiger partial charge in [-0.15, -0.1) is 11.3 Å². The third kappa shape index (κ3) is 2.80. The molecule has 3 nitrogen and oxygen atoms in total. The molecule has 0 bridgehead atoms. The molecule has 0 unspecified atom stereocenters. The lowest BCUT2D eigenvalue weighted by atomic mass is 10.0. The fourth-order valence-electron chi connectivity index (χ4n) is 2.37. The summed E-state index contributed by atoms with van der Waals surface area (Å²) in [6.45, 7) is 1.09. The zero-order valence-corrected chi connectivity index (χ0v) is 11.7. The molecule has 0 saturated heterocycles. The van der Waals surface area contributed by atoms with E-state index >= 15 is 0 Å². The highest BCUT2D eigenvalue weighted by molar-refractivity contribution is 7.15. The quantitative estimate of drug-likeness (QED) is 0.932. The van der Waals surface area contributed by atoms with Gasteiger partial charge in [0.2, 0.25) is 0 Å². The van der Waals surface area contributed by atoms with Crippen molar-refractivity contribution in [1.29, 1.82) is 0 Å². The first-order chi connectivity index (χ1) is 9.36. The molecule has 2 N–H and O–H groups in total. The maximum absolute atomic E-state index is 5.57. The number of rotatable bonds is 4. The summed E-state index contributed by atoms with van der Waals surface area (Å²) < 4.78 is 5.57. The zero-order valence-electron chi connectivity index (χ0n) is 10.9. The minimum Gasteiger partial charge on any atom is -0.492 e. The summed E-state index contributed by atoms with van der Waals surface area (Å²) >= 11 is 1.83. The summed E-state index contributed by atoms with van der Waals surface area (Å²) in [5.74, 6) is 0.871.